The monoisotopic (exact) mass is 234 g/mol. The van der Waals surface area contributed by atoms with Crippen LogP contribution in [-0.2, 0) is 0 Å². The van der Waals surface area contributed by atoms with Gasteiger partial charge in [0, 0.05) is 24.6 Å². The van der Waals surface area contributed by atoms with E-state index in [1.54, 1.807) is 0 Å². The molecule has 0 unspecified atom stereocenters. The van der Waals surface area contributed by atoms with Crippen LogP contribution >= 0.6 is 0 Å². The molecule has 0 bridgehead atoms. The first-order chi connectivity index (χ1) is 8.20. The summed E-state index contributed by atoms with van der Waals surface area (Å²) >= 11 is 0. The molecule has 96 valence electrons. The summed E-state index contributed by atoms with van der Waals surface area (Å²) in [6.45, 7) is 7.77. The Morgan fingerprint density at radius 2 is 1.94 bits per heavy atom. The number of aromatic nitrogens is 1. The Labute approximate surface area is 106 Å². The highest BCUT2D eigenvalue weighted by Crippen LogP contribution is 2.13. The molecule has 1 aromatic heterocycles. The predicted octanol–water partition coefficient (Wildman–Crippen LogP) is 4.41. The zero-order chi connectivity index (χ0) is 12.5. The van der Waals surface area contributed by atoms with Crippen LogP contribution in [0.3, 0.4) is 0 Å². The first kappa shape index (κ1) is 14.0. The van der Waals surface area contributed by atoms with E-state index in [1.807, 2.05) is 18.5 Å². The van der Waals surface area contributed by atoms with E-state index < -0.39 is 0 Å². The van der Waals surface area contributed by atoms with Crippen molar-refractivity contribution in [1.29, 1.82) is 0 Å². The number of nitrogens with one attached hydrogen (secondary N) is 1. The van der Waals surface area contributed by atoms with Gasteiger partial charge in [0.05, 0.1) is 0 Å². The largest absolute Gasteiger partial charge is 0.385 e. The van der Waals surface area contributed by atoms with Crippen LogP contribution in [0.15, 0.2) is 18.5 Å². The highest BCUT2D eigenvalue weighted by Gasteiger charge is 1.97. The molecule has 0 aliphatic heterocycles. The molecule has 17 heavy (non-hydrogen) atoms. The van der Waals surface area contributed by atoms with Gasteiger partial charge in [0.25, 0.3) is 0 Å². The highest BCUT2D eigenvalue weighted by atomic mass is 14.9. The lowest BCUT2D eigenvalue weighted by atomic mass is 10.0. The van der Waals surface area contributed by atoms with Crippen molar-refractivity contribution in [3.05, 3.63) is 24.0 Å². The minimum absolute atomic E-state index is 0.854. The van der Waals surface area contributed by atoms with Gasteiger partial charge in [-0.15, -0.1) is 0 Å². The van der Waals surface area contributed by atoms with E-state index in [9.17, 15) is 0 Å². The molecule has 1 N–H and O–H groups in total. The minimum atomic E-state index is 0.854. The Morgan fingerprint density at radius 1 is 1.18 bits per heavy atom. The number of nitrogens with zero attached hydrogens (tertiary/aromatic N) is 1. The van der Waals surface area contributed by atoms with Gasteiger partial charge < -0.3 is 5.32 Å². The van der Waals surface area contributed by atoms with Crippen molar-refractivity contribution in [3.63, 3.8) is 0 Å². The van der Waals surface area contributed by atoms with Crippen LogP contribution in [-0.4, -0.2) is 11.5 Å². The standard InChI is InChI=1S/C15H26N2/c1-13(2)8-6-4-5-7-10-17-15-9-11-16-12-14(15)3/h9,11-13H,4-8,10H2,1-3H3,(H,16,17). The molecule has 0 fully saturated rings. The molecule has 0 saturated carbocycles. The Balaban J connectivity index is 2.03. The molecule has 1 aromatic rings. The zero-order valence-corrected chi connectivity index (χ0v) is 11.5. The zero-order valence-electron chi connectivity index (χ0n) is 11.5. The molecule has 0 saturated heterocycles. The number of aryl methyl sites for hydroxylation is 1. The van der Waals surface area contributed by atoms with Crippen LogP contribution in [0, 0.1) is 12.8 Å². The van der Waals surface area contributed by atoms with Crippen molar-refractivity contribution in [2.24, 2.45) is 5.92 Å². The van der Waals surface area contributed by atoms with Gasteiger partial charge in [0.1, 0.15) is 0 Å². The molecular formula is C15H26N2. The number of unbranched alkanes of at least 4 members (excludes halogenated alkanes) is 3. The summed E-state index contributed by atoms with van der Waals surface area (Å²) in [4.78, 5) is 4.09. The summed E-state index contributed by atoms with van der Waals surface area (Å²) < 4.78 is 0. The van der Waals surface area contributed by atoms with Crippen molar-refractivity contribution in [1.82, 2.24) is 4.98 Å². The lowest BCUT2D eigenvalue weighted by molar-refractivity contribution is 0.523. The molecule has 0 aliphatic rings. The number of anilines is 1. The second-order valence-electron chi connectivity index (χ2n) is 5.21. The summed E-state index contributed by atoms with van der Waals surface area (Å²) in [5.41, 5.74) is 2.45. The minimum Gasteiger partial charge on any atom is -0.385 e. The average molecular weight is 234 g/mol. The first-order valence-electron chi connectivity index (χ1n) is 6.84. The Hall–Kier alpha value is -1.05. The van der Waals surface area contributed by atoms with Crippen LogP contribution in [0.25, 0.3) is 0 Å². The average Bonchev–Trinajstić information content (AvgIpc) is 2.30. The van der Waals surface area contributed by atoms with E-state index in [0.717, 1.165) is 12.5 Å². The van der Waals surface area contributed by atoms with Crippen LogP contribution < -0.4 is 5.32 Å². The number of rotatable bonds is 8. The van der Waals surface area contributed by atoms with Crippen LogP contribution in [0.2, 0.25) is 0 Å². The van der Waals surface area contributed by atoms with Crippen molar-refractivity contribution in [2.75, 3.05) is 11.9 Å². The fourth-order valence-corrected chi connectivity index (χ4v) is 1.93. The molecule has 2 nitrogen and oxygen atoms in total. The normalized spacial score (nSPS) is 10.8. The number of pyridine rings is 1. The fourth-order valence-electron chi connectivity index (χ4n) is 1.93. The third kappa shape index (κ3) is 6.30. The fraction of sp³-hybridized carbons (Fsp3) is 0.667. The molecule has 0 amide bonds. The molecule has 0 radical (unpaired) electrons. The summed E-state index contributed by atoms with van der Waals surface area (Å²) in [7, 11) is 0. The third-order valence-corrected chi connectivity index (χ3v) is 3.04. The second kappa shape index (κ2) is 8.10. The molecular weight excluding hydrogens is 208 g/mol. The van der Waals surface area contributed by atoms with Crippen molar-refractivity contribution >= 4 is 5.69 Å². The first-order valence-corrected chi connectivity index (χ1v) is 6.84. The summed E-state index contributed by atoms with van der Waals surface area (Å²) in [6.07, 6.45) is 10.5. The van der Waals surface area contributed by atoms with E-state index >= 15 is 0 Å². The Kier molecular flexibility index (Phi) is 6.68. The van der Waals surface area contributed by atoms with Crippen molar-refractivity contribution < 1.29 is 0 Å². The van der Waals surface area contributed by atoms with E-state index in [2.05, 4.69) is 31.1 Å². The Morgan fingerprint density at radius 3 is 2.65 bits per heavy atom. The topological polar surface area (TPSA) is 24.9 Å². The summed E-state index contributed by atoms with van der Waals surface area (Å²) in [6, 6.07) is 2.05. The van der Waals surface area contributed by atoms with E-state index in [-0.39, 0.29) is 0 Å². The van der Waals surface area contributed by atoms with Crippen LogP contribution in [0.1, 0.15) is 51.5 Å². The SMILES string of the molecule is Cc1cnccc1NCCCCCCC(C)C. The van der Waals surface area contributed by atoms with Gasteiger partial charge in [-0.3, -0.25) is 4.98 Å². The Bertz CT molecular complexity index is 308. The molecule has 0 spiro atoms. The maximum absolute atomic E-state index is 4.09. The van der Waals surface area contributed by atoms with Gasteiger partial charge >= 0.3 is 0 Å². The van der Waals surface area contributed by atoms with E-state index in [1.165, 1.54) is 43.4 Å². The maximum atomic E-state index is 4.09. The van der Waals surface area contributed by atoms with Crippen molar-refractivity contribution in [3.8, 4) is 0 Å². The van der Waals surface area contributed by atoms with Gasteiger partial charge in [0.15, 0.2) is 0 Å². The molecule has 1 heterocycles. The quantitative estimate of drug-likeness (QED) is 0.674. The highest BCUT2D eigenvalue weighted by molar-refractivity contribution is 5.48. The van der Waals surface area contributed by atoms with Gasteiger partial charge in [-0.1, -0.05) is 39.5 Å². The second-order valence-corrected chi connectivity index (χ2v) is 5.21. The molecule has 1 rings (SSSR count). The maximum Gasteiger partial charge on any atom is 0.0400 e. The van der Waals surface area contributed by atoms with Gasteiger partial charge in [-0.2, -0.15) is 0 Å². The lowest BCUT2D eigenvalue weighted by Crippen LogP contribution is -2.03. The molecule has 0 atom stereocenters. The van der Waals surface area contributed by atoms with Gasteiger partial charge in [-0.05, 0) is 30.9 Å². The van der Waals surface area contributed by atoms with Gasteiger partial charge in [-0.25, -0.2) is 0 Å². The summed E-state index contributed by atoms with van der Waals surface area (Å²) in [5, 5.41) is 3.47. The van der Waals surface area contributed by atoms with Crippen LogP contribution in [0.5, 0.6) is 0 Å². The smallest absolute Gasteiger partial charge is 0.0400 e. The van der Waals surface area contributed by atoms with E-state index in [0.29, 0.717) is 0 Å². The predicted molar refractivity (Wildman–Crippen MR) is 75.4 cm³/mol. The third-order valence-electron chi connectivity index (χ3n) is 3.04. The van der Waals surface area contributed by atoms with Crippen LogP contribution in [0.4, 0.5) is 5.69 Å². The lowest BCUT2D eigenvalue weighted by Gasteiger charge is -2.08. The number of hydrogen-bond donors (Lipinski definition) is 1. The van der Waals surface area contributed by atoms with Gasteiger partial charge in [0.2, 0.25) is 0 Å². The van der Waals surface area contributed by atoms with E-state index in [4.69, 9.17) is 0 Å². The molecule has 0 aromatic carbocycles. The summed E-state index contributed by atoms with van der Waals surface area (Å²) in [5.74, 6) is 0.854. The van der Waals surface area contributed by atoms with Crippen molar-refractivity contribution in [2.45, 2.75) is 52.9 Å². The molecule has 0 aliphatic carbocycles. The molecule has 2 heteroatoms. The number of hydrogen-bond acceptors (Lipinski definition) is 2.